The Balaban J connectivity index is 2.59. The van der Waals surface area contributed by atoms with Crippen molar-refractivity contribution in [3.63, 3.8) is 0 Å². The summed E-state index contributed by atoms with van der Waals surface area (Å²) >= 11 is 0. The van der Waals surface area contributed by atoms with Crippen molar-refractivity contribution in [2.75, 3.05) is 7.11 Å². The predicted octanol–water partition coefficient (Wildman–Crippen LogP) is 2.90. The van der Waals surface area contributed by atoms with Gasteiger partial charge in [-0.25, -0.2) is 0 Å². The van der Waals surface area contributed by atoms with Crippen LogP contribution in [0.4, 0.5) is 13.2 Å². The largest absolute Gasteiger partial charge is 0.469 e. The highest BCUT2D eigenvalue weighted by atomic mass is 19.4. The molecule has 0 saturated heterocycles. The Bertz CT molecular complexity index is 587. The zero-order chi connectivity index (χ0) is 13.3. The normalized spacial score (nSPS) is 11.8. The molecule has 0 aliphatic rings. The molecule has 3 nitrogen and oxygen atoms in total. The van der Waals surface area contributed by atoms with Gasteiger partial charge in [0.1, 0.15) is 0 Å². The number of carbonyl (C=O) groups excluding carboxylic acids is 1. The number of esters is 1. The maximum absolute atomic E-state index is 12.9. The summed E-state index contributed by atoms with van der Waals surface area (Å²) in [5.74, 6) is -0.576. The van der Waals surface area contributed by atoms with Gasteiger partial charge in [-0.3, -0.25) is 4.79 Å². The van der Waals surface area contributed by atoms with Gasteiger partial charge in [0, 0.05) is 17.1 Å². The van der Waals surface area contributed by atoms with Gasteiger partial charge in [0.15, 0.2) is 0 Å². The van der Waals surface area contributed by atoms with Crippen LogP contribution in [0, 0.1) is 0 Å². The third-order valence-corrected chi connectivity index (χ3v) is 2.66. The van der Waals surface area contributed by atoms with Crippen LogP contribution >= 0.6 is 0 Å². The Labute approximate surface area is 101 Å². The SMILES string of the molecule is COC(=O)Cc1c[nH]c2cccc(C(F)(F)F)c12. The summed E-state index contributed by atoms with van der Waals surface area (Å²) in [6, 6.07) is 3.85. The summed E-state index contributed by atoms with van der Waals surface area (Å²) in [4.78, 5) is 13.9. The Kier molecular flexibility index (Phi) is 3.02. The van der Waals surface area contributed by atoms with Crippen LogP contribution in [-0.2, 0) is 22.1 Å². The molecule has 0 amide bonds. The van der Waals surface area contributed by atoms with Crippen molar-refractivity contribution in [3.05, 3.63) is 35.5 Å². The monoisotopic (exact) mass is 257 g/mol. The number of H-pyrrole nitrogens is 1. The van der Waals surface area contributed by atoms with Crippen molar-refractivity contribution in [3.8, 4) is 0 Å². The van der Waals surface area contributed by atoms with Gasteiger partial charge in [0.2, 0.25) is 0 Å². The molecule has 1 aromatic carbocycles. The number of rotatable bonds is 2. The number of benzene rings is 1. The number of carbonyl (C=O) groups is 1. The topological polar surface area (TPSA) is 42.1 Å². The highest BCUT2D eigenvalue weighted by Gasteiger charge is 2.33. The van der Waals surface area contributed by atoms with Gasteiger partial charge in [-0.15, -0.1) is 0 Å². The molecule has 1 aromatic heterocycles. The fraction of sp³-hybridized carbons (Fsp3) is 0.250. The van der Waals surface area contributed by atoms with Crippen LogP contribution in [0.2, 0.25) is 0 Å². The number of methoxy groups -OCH3 is 1. The molecule has 0 spiro atoms. The summed E-state index contributed by atoms with van der Waals surface area (Å²) in [5, 5.41) is 0.0235. The number of alkyl halides is 3. The molecule has 0 saturated carbocycles. The van der Waals surface area contributed by atoms with Gasteiger partial charge in [-0.1, -0.05) is 6.07 Å². The lowest BCUT2D eigenvalue weighted by atomic mass is 10.0. The van der Waals surface area contributed by atoms with Crippen molar-refractivity contribution >= 4 is 16.9 Å². The van der Waals surface area contributed by atoms with Gasteiger partial charge in [-0.2, -0.15) is 13.2 Å². The maximum atomic E-state index is 12.9. The van der Waals surface area contributed by atoms with Crippen molar-refractivity contribution in [1.82, 2.24) is 4.98 Å². The van der Waals surface area contributed by atoms with Gasteiger partial charge >= 0.3 is 12.1 Å². The first kappa shape index (κ1) is 12.5. The quantitative estimate of drug-likeness (QED) is 0.840. The Hall–Kier alpha value is -1.98. The van der Waals surface area contributed by atoms with E-state index in [0.29, 0.717) is 5.52 Å². The van der Waals surface area contributed by atoms with Crippen molar-refractivity contribution < 1.29 is 22.7 Å². The second-order valence-electron chi connectivity index (χ2n) is 3.79. The average molecular weight is 257 g/mol. The third kappa shape index (κ3) is 2.18. The molecule has 18 heavy (non-hydrogen) atoms. The highest BCUT2D eigenvalue weighted by Crippen LogP contribution is 2.36. The van der Waals surface area contributed by atoms with E-state index in [4.69, 9.17) is 0 Å². The highest BCUT2D eigenvalue weighted by molar-refractivity contribution is 5.90. The molecule has 0 atom stereocenters. The maximum Gasteiger partial charge on any atom is 0.417 e. The zero-order valence-electron chi connectivity index (χ0n) is 9.47. The van der Waals surface area contributed by atoms with Crippen molar-refractivity contribution in [1.29, 1.82) is 0 Å². The lowest BCUT2D eigenvalue weighted by Crippen LogP contribution is -2.08. The van der Waals surface area contributed by atoms with Crippen LogP contribution in [-0.4, -0.2) is 18.1 Å². The minimum absolute atomic E-state index is 0.0235. The van der Waals surface area contributed by atoms with Crippen LogP contribution in [0.15, 0.2) is 24.4 Å². The second-order valence-corrected chi connectivity index (χ2v) is 3.79. The molecular formula is C12H10F3NO2. The molecule has 6 heteroatoms. The average Bonchev–Trinajstić information content (AvgIpc) is 2.71. The van der Waals surface area contributed by atoms with Crippen molar-refractivity contribution in [2.45, 2.75) is 12.6 Å². The van der Waals surface area contributed by atoms with Crippen LogP contribution < -0.4 is 0 Å². The molecule has 2 aromatic rings. The number of aromatic nitrogens is 1. The van der Waals surface area contributed by atoms with E-state index in [1.807, 2.05) is 0 Å². The molecule has 1 N–H and O–H groups in total. The van der Waals surface area contributed by atoms with Crippen LogP contribution in [0.1, 0.15) is 11.1 Å². The minimum atomic E-state index is -4.45. The molecular weight excluding hydrogens is 247 g/mol. The molecule has 0 aliphatic heterocycles. The van der Waals surface area contributed by atoms with E-state index in [-0.39, 0.29) is 17.4 Å². The van der Waals surface area contributed by atoms with Gasteiger partial charge in [0.05, 0.1) is 19.1 Å². The lowest BCUT2D eigenvalue weighted by molar-refractivity contribution is -0.140. The van der Waals surface area contributed by atoms with Crippen LogP contribution in [0.5, 0.6) is 0 Å². The van der Waals surface area contributed by atoms with E-state index in [1.165, 1.54) is 25.4 Å². The number of nitrogens with one attached hydrogen (secondary N) is 1. The van der Waals surface area contributed by atoms with Crippen LogP contribution in [0.3, 0.4) is 0 Å². The minimum Gasteiger partial charge on any atom is -0.469 e. The zero-order valence-corrected chi connectivity index (χ0v) is 9.47. The molecule has 1 heterocycles. The number of halogens is 3. The molecule has 0 radical (unpaired) electrons. The fourth-order valence-corrected chi connectivity index (χ4v) is 1.86. The van der Waals surface area contributed by atoms with E-state index >= 15 is 0 Å². The first-order valence-corrected chi connectivity index (χ1v) is 5.16. The Morgan fingerprint density at radius 3 is 2.72 bits per heavy atom. The van der Waals surface area contributed by atoms with E-state index in [0.717, 1.165) is 6.07 Å². The van der Waals surface area contributed by atoms with Crippen molar-refractivity contribution in [2.24, 2.45) is 0 Å². The molecule has 96 valence electrons. The number of aromatic amines is 1. The summed E-state index contributed by atoms with van der Waals surface area (Å²) in [6.45, 7) is 0. The summed E-state index contributed by atoms with van der Waals surface area (Å²) in [5.41, 5.74) is -0.117. The van der Waals surface area contributed by atoms with Gasteiger partial charge < -0.3 is 9.72 Å². The first-order chi connectivity index (χ1) is 8.43. The summed E-state index contributed by atoms with van der Waals surface area (Å²) in [7, 11) is 1.20. The van der Waals surface area contributed by atoms with E-state index in [9.17, 15) is 18.0 Å². The van der Waals surface area contributed by atoms with E-state index in [2.05, 4.69) is 9.72 Å². The smallest absolute Gasteiger partial charge is 0.417 e. The third-order valence-electron chi connectivity index (χ3n) is 2.66. The first-order valence-electron chi connectivity index (χ1n) is 5.16. The number of hydrogen-bond acceptors (Lipinski definition) is 2. The molecule has 0 bridgehead atoms. The summed E-state index contributed by atoms with van der Waals surface area (Å²) in [6.07, 6.45) is -3.24. The lowest BCUT2D eigenvalue weighted by Gasteiger charge is -2.09. The van der Waals surface area contributed by atoms with Crippen LogP contribution in [0.25, 0.3) is 10.9 Å². The van der Waals surface area contributed by atoms with Gasteiger partial charge in [-0.05, 0) is 17.7 Å². The fourth-order valence-electron chi connectivity index (χ4n) is 1.86. The Morgan fingerprint density at radius 1 is 1.39 bits per heavy atom. The predicted molar refractivity (Wildman–Crippen MR) is 59.0 cm³/mol. The second kappa shape index (κ2) is 4.36. The van der Waals surface area contributed by atoms with E-state index < -0.39 is 17.7 Å². The molecule has 0 fully saturated rings. The molecule has 0 aliphatic carbocycles. The van der Waals surface area contributed by atoms with Gasteiger partial charge in [0.25, 0.3) is 0 Å². The standard InChI is InChI=1S/C12H10F3NO2/c1-18-10(17)5-7-6-16-9-4-2-3-8(11(7)9)12(13,14)15/h2-4,6,16H,5H2,1H3. The number of ether oxygens (including phenoxy) is 1. The van der Waals surface area contributed by atoms with E-state index in [1.54, 1.807) is 0 Å². The number of fused-ring (bicyclic) bond motifs is 1. The molecule has 0 unspecified atom stereocenters. The molecule has 2 rings (SSSR count). The Morgan fingerprint density at radius 2 is 2.11 bits per heavy atom. The summed E-state index contributed by atoms with van der Waals surface area (Å²) < 4.78 is 43.1. The number of hydrogen-bond donors (Lipinski definition) is 1.